The Bertz CT molecular complexity index is 246. The van der Waals surface area contributed by atoms with Gasteiger partial charge < -0.3 is 4.74 Å². The molecular weight excluding hydrogens is 248 g/mol. The third kappa shape index (κ3) is 15.3. The smallest absolute Gasteiger partial charge is 0.302 e. The maximum atomic E-state index is 10.6. The normalized spacial score (nSPS) is 12.8. The van der Waals surface area contributed by atoms with Crippen molar-refractivity contribution in [1.82, 2.24) is 0 Å². The molecule has 0 aromatic rings. The van der Waals surface area contributed by atoms with Crippen molar-refractivity contribution in [2.45, 2.75) is 85.0 Å². The van der Waals surface area contributed by atoms with Crippen molar-refractivity contribution in [3.63, 3.8) is 0 Å². The Hall–Kier alpha value is -0.790. The van der Waals surface area contributed by atoms with Gasteiger partial charge in [0, 0.05) is 6.92 Å². The molecule has 0 amide bonds. The molecule has 0 heterocycles. The van der Waals surface area contributed by atoms with E-state index in [1.165, 1.54) is 64.7 Å². The summed E-state index contributed by atoms with van der Waals surface area (Å²) in [4.78, 5) is 10.6. The topological polar surface area (TPSA) is 26.3 Å². The Morgan fingerprint density at radius 1 is 1.00 bits per heavy atom. The first-order chi connectivity index (χ1) is 9.66. The summed E-state index contributed by atoms with van der Waals surface area (Å²) in [5, 5.41) is 0. The molecule has 0 radical (unpaired) electrons. The van der Waals surface area contributed by atoms with Gasteiger partial charge in [0.25, 0.3) is 0 Å². The van der Waals surface area contributed by atoms with Crippen LogP contribution in [0.15, 0.2) is 12.2 Å². The van der Waals surface area contributed by atoms with Crippen LogP contribution in [0.2, 0.25) is 0 Å². The molecule has 0 saturated carbocycles. The van der Waals surface area contributed by atoms with Crippen LogP contribution in [-0.4, -0.2) is 12.6 Å². The van der Waals surface area contributed by atoms with Gasteiger partial charge in [0.05, 0.1) is 6.61 Å². The molecule has 0 unspecified atom stereocenters. The maximum absolute atomic E-state index is 10.6. The molecule has 0 fully saturated rings. The molecule has 0 saturated heterocycles. The highest BCUT2D eigenvalue weighted by molar-refractivity contribution is 5.65. The van der Waals surface area contributed by atoms with E-state index in [1.54, 1.807) is 0 Å². The van der Waals surface area contributed by atoms with E-state index in [0.29, 0.717) is 6.61 Å². The zero-order chi connectivity index (χ0) is 15.1. The van der Waals surface area contributed by atoms with Crippen molar-refractivity contribution >= 4 is 5.97 Å². The first-order valence-electron chi connectivity index (χ1n) is 8.46. The van der Waals surface area contributed by atoms with E-state index >= 15 is 0 Å². The lowest BCUT2D eigenvalue weighted by Gasteiger charge is -2.03. The summed E-state index contributed by atoms with van der Waals surface area (Å²) in [6.07, 6.45) is 17.4. The highest BCUT2D eigenvalue weighted by Gasteiger charge is 1.95. The van der Waals surface area contributed by atoms with E-state index in [0.717, 1.165) is 12.3 Å². The molecule has 0 aliphatic carbocycles. The molecule has 0 aliphatic rings. The predicted octanol–water partition coefficient (Wildman–Crippen LogP) is 5.66. The molecule has 0 aliphatic heterocycles. The van der Waals surface area contributed by atoms with Crippen molar-refractivity contribution in [2.24, 2.45) is 5.92 Å². The van der Waals surface area contributed by atoms with Crippen LogP contribution in [0.5, 0.6) is 0 Å². The number of allylic oxidation sites excluding steroid dienone is 2. The Kier molecular flexibility index (Phi) is 14.0. The summed E-state index contributed by atoms with van der Waals surface area (Å²) in [7, 11) is 0. The van der Waals surface area contributed by atoms with Crippen molar-refractivity contribution in [2.75, 3.05) is 6.61 Å². The molecular formula is C18H34O2. The van der Waals surface area contributed by atoms with E-state index in [1.807, 2.05) is 0 Å². The standard InChI is InChI=1S/C18H34O2/c1-4-17(2)15-13-11-9-7-5-6-8-10-12-14-16-20-18(3)19/h13,15,17H,4-12,14,16H2,1-3H3/b15-13-/t17-/m0/s1. The van der Waals surface area contributed by atoms with Gasteiger partial charge in [-0.05, 0) is 25.2 Å². The zero-order valence-electron chi connectivity index (χ0n) is 13.8. The number of hydrogen-bond acceptors (Lipinski definition) is 2. The quantitative estimate of drug-likeness (QED) is 0.247. The van der Waals surface area contributed by atoms with Gasteiger partial charge in [-0.1, -0.05) is 70.9 Å². The van der Waals surface area contributed by atoms with Crippen LogP contribution >= 0.6 is 0 Å². The van der Waals surface area contributed by atoms with Gasteiger partial charge in [0.1, 0.15) is 0 Å². The third-order valence-corrected chi connectivity index (χ3v) is 3.68. The molecule has 1 atom stereocenters. The van der Waals surface area contributed by atoms with E-state index < -0.39 is 0 Å². The minimum atomic E-state index is -0.160. The fraction of sp³-hybridized carbons (Fsp3) is 0.833. The molecule has 2 nitrogen and oxygen atoms in total. The average molecular weight is 282 g/mol. The SMILES string of the molecule is CC[C@H](C)/C=C\CCCCCCCCCCOC(C)=O. The average Bonchev–Trinajstić information content (AvgIpc) is 2.43. The lowest BCUT2D eigenvalue weighted by Crippen LogP contribution is -2.00. The van der Waals surface area contributed by atoms with Gasteiger partial charge in [-0.15, -0.1) is 0 Å². The van der Waals surface area contributed by atoms with Gasteiger partial charge >= 0.3 is 5.97 Å². The second-order valence-electron chi connectivity index (χ2n) is 5.77. The number of hydrogen-bond donors (Lipinski definition) is 0. The molecule has 0 aromatic heterocycles. The monoisotopic (exact) mass is 282 g/mol. The van der Waals surface area contributed by atoms with Crippen LogP contribution in [0.1, 0.15) is 85.0 Å². The van der Waals surface area contributed by atoms with Crippen molar-refractivity contribution < 1.29 is 9.53 Å². The lowest BCUT2D eigenvalue weighted by atomic mass is 10.1. The van der Waals surface area contributed by atoms with Crippen LogP contribution in [0.3, 0.4) is 0 Å². The van der Waals surface area contributed by atoms with E-state index in [9.17, 15) is 4.79 Å². The van der Waals surface area contributed by atoms with Crippen molar-refractivity contribution in [3.05, 3.63) is 12.2 Å². The summed E-state index contributed by atoms with van der Waals surface area (Å²) in [6, 6.07) is 0. The largest absolute Gasteiger partial charge is 0.466 e. The predicted molar refractivity (Wildman–Crippen MR) is 86.8 cm³/mol. The minimum Gasteiger partial charge on any atom is -0.466 e. The third-order valence-electron chi connectivity index (χ3n) is 3.68. The highest BCUT2D eigenvalue weighted by atomic mass is 16.5. The van der Waals surface area contributed by atoms with Crippen LogP contribution in [0.4, 0.5) is 0 Å². The first-order valence-corrected chi connectivity index (χ1v) is 8.46. The van der Waals surface area contributed by atoms with E-state index in [2.05, 4.69) is 26.0 Å². The Labute approximate surface area is 126 Å². The maximum Gasteiger partial charge on any atom is 0.302 e. The summed E-state index contributed by atoms with van der Waals surface area (Å²) >= 11 is 0. The van der Waals surface area contributed by atoms with Crippen LogP contribution in [0.25, 0.3) is 0 Å². The summed E-state index contributed by atoms with van der Waals surface area (Å²) < 4.78 is 4.90. The Morgan fingerprint density at radius 2 is 1.55 bits per heavy atom. The number of unbranched alkanes of at least 4 members (excludes halogenated alkanes) is 8. The number of ether oxygens (including phenoxy) is 1. The second kappa shape index (κ2) is 14.6. The summed E-state index contributed by atoms with van der Waals surface area (Å²) in [5.74, 6) is 0.578. The van der Waals surface area contributed by atoms with Crippen LogP contribution < -0.4 is 0 Å². The molecule has 0 spiro atoms. The molecule has 0 rings (SSSR count). The van der Waals surface area contributed by atoms with Crippen LogP contribution in [0, 0.1) is 5.92 Å². The molecule has 2 heteroatoms. The van der Waals surface area contributed by atoms with Crippen LogP contribution in [-0.2, 0) is 9.53 Å². The van der Waals surface area contributed by atoms with Gasteiger partial charge in [-0.3, -0.25) is 4.79 Å². The van der Waals surface area contributed by atoms with Crippen molar-refractivity contribution in [1.29, 1.82) is 0 Å². The summed E-state index contributed by atoms with van der Waals surface area (Å²) in [6.45, 7) is 6.58. The number of rotatable bonds is 13. The second-order valence-corrected chi connectivity index (χ2v) is 5.77. The highest BCUT2D eigenvalue weighted by Crippen LogP contribution is 2.11. The van der Waals surface area contributed by atoms with E-state index in [-0.39, 0.29) is 5.97 Å². The van der Waals surface area contributed by atoms with E-state index in [4.69, 9.17) is 4.74 Å². The van der Waals surface area contributed by atoms with Gasteiger partial charge in [-0.2, -0.15) is 0 Å². The number of esters is 1. The molecule has 0 aromatic carbocycles. The molecule has 0 bridgehead atoms. The number of carbonyl (C=O) groups excluding carboxylic acids is 1. The lowest BCUT2D eigenvalue weighted by molar-refractivity contribution is -0.141. The molecule has 118 valence electrons. The van der Waals surface area contributed by atoms with Gasteiger partial charge in [0.2, 0.25) is 0 Å². The first kappa shape index (κ1) is 19.2. The fourth-order valence-electron chi connectivity index (χ4n) is 2.11. The number of carbonyl (C=O) groups is 1. The zero-order valence-corrected chi connectivity index (χ0v) is 13.8. The molecule has 20 heavy (non-hydrogen) atoms. The van der Waals surface area contributed by atoms with Gasteiger partial charge in [-0.25, -0.2) is 0 Å². The molecule has 0 N–H and O–H groups in total. The van der Waals surface area contributed by atoms with Gasteiger partial charge in [0.15, 0.2) is 0 Å². The summed E-state index contributed by atoms with van der Waals surface area (Å²) in [5.41, 5.74) is 0. The minimum absolute atomic E-state index is 0.160. The van der Waals surface area contributed by atoms with Crippen molar-refractivity contribution in [3.8, 4) is 0 Å². The fourth-order valence-corrected chi connectivity index (χ4v) is 2.11. The Morgan fingerprint density at radius 3 is 2.10 bits per heavy atom. The Balaban J connectivity index is 3.10.